The summed E-state index contributed by atoms with van der Waals surface area (Å²) < 4.78 is 5.30. The average Bonchev–Trinajstić information content (AvgIpc) is 2.18. The van der Waals surface area contributed by atoms with Gasteiger partial charge >= 0.3 is 0 Å². The van der Waals surface area contributed by atoms with E-state index < -0.39 is 0 Å². The fraction of sp³-hybridized carbons (Fsp3) is 0.300. The standard InChI is InChI=1S/C10H11NO2/c1-8(7-12)13-10-4-2-3-9(5-10)6-11/h2-5,8,12H,7H2,1H3. The van der Waals surface area contributed by atoms with Gasteiger partial charge in [-0.2, -0.15) is 5.26 Å². The second kappa shape index (κ2) is 4.48. The molecule has 3 nitrogen and oxygen atoms in total. The number of nitriles is 1. The maximum atomic E-state index is 8.73. The van der Waals surface area contributed by atoms with Crippen molar-refractivity contribution in [1.29, 1.82) is 5.26 Å². The molecule has 0 amide bonds. The molecule has 1 atom stereocenters. The van der Waals surface area contributed by atoms with Crippen LogP contribution in [-0.2, 0) is 0 Å². The van der Waals surface area contributed by atoms with Gasteiger partial charge in [0.2, 0.25) is 0 Å². The van der Waals surface area contributed by atoms with E-state index in [0.29, 0.717) is 11.3 Å². The summed E-state index contributed by atoms with van der Waals surface area (Å²) in [4.78, 5) is 0. The normalized spacial score (nSPS) is 11.8. The van der Waals surface area contributed by atoms with Gasteiger partial charge in [0.15, 0.2) is 0 Å². The smallest absolute Gasteiger partial charge is 0.121 e. The van der Waals surface area contributed by atoms with E-state index in [1.165, 1.54) is 0 Å². The Bertz CT molecular complexity index is 317. The zero-order chi connectivity index (χ0) is 9.68. The van der Waals surface area contributed by atoms with Crippen molar-refractivity contribution in [2.45, 2.75) is 13.0 Å². The minimum absolute atomic E-state index is 0.0310. The SMILES string of the molecule is CC(CO)Oc1cccc(C#N)c1. The van der Waals surface area contributed by atoms with Gasteiger partial charge in [-0.15, -0.1) is 0 Å². The van der Waals surface area contributed by atoms with Crippen molar-refractivity contribution in [2.75, 3.05) is 6.61 Å². The summed E-state index contributed by atoms with van der Waals surface area (Å²) in [5.74, 6) is 0.612. The van der Waals surface area contributed by atoms with E-state index in [-0.39, 0.29) is 12.7 Å². The molecule has 0 aromatic heterocycles. The summed E-state index contributed by atoms with van der Waals surface area (Å²) in [6.45, 7) is 1.73. The van der Waals surface area contributed by atoms with Crippen LogP contribution in [0.1, 0.15) is 12.5 Å². The Balaban J connectivity index is 2.73. The number of nitrogens with zero attached hydrogens (tertiary/aromatic N) is 1. The zero-order valence-electron chi connectivity index (χ0n) is 7.40. The molecule has 0 spiro atoms. The van der Waals surface area contributed by atoms with Gasteiger partial charge in [0.25, 0.3) is 0 Å². The van der Waals surface area contributed by atoms with Crippen LogP contribution in [0.2, 0.25) is 0 Å². The van der Waals surface area contributed by atoms with Crippen molar-refractivity contribution in [3.05, 3.63) is 29.8 Å². The molecule has 0 aliphatic heterocycles. The molecule has 0 radical (unpaired) electrons. The second-order valence-electron chi connectivity index (χ2n) is 2.75. The minimum Gasteiger partial charge on any atom is -0.488 e. The third-order valence-electron chi connectivity index (χ3n) is 1.56. The van der Waals surface area contributed by atoms with Crippen LogP contribution < -0.4 is 4.74 Å². The van der Waals surface area contributed by atoms with E-state index in [1.807, 2.05) is 6.07 Å². The van der Waals surface area contributed by atoms with E-state index in [1.54, 1.807) is 31.2 Å². The van der Waals surface area contributed by atoms with Crippen molar-refractivity contribution in [3.63, 3.8) is 0 Å². The first-order valence-electron chi connectivity index (χ1n) is 4.04. The van der Waals surface area contributed by atoms with E-state index in [9.17, 15) is 0 Å². The van der Waals surface area contributed by atoms with Gasteiger partial charge in [-0.1, -0.05) is 6.07 Å². The number of rotatable bonds is 3. The third kappa shape index (κ3) is 2.77. The molecule has 0 bridgehead atoms. The van der Waals surface area contributed by atoms with Crippen LogP contribution in [0.15, 0.2) is 24.3 Å². The lowest BCUT2D eigenvalue weighted by molar-refractivity contribution is 0.129. The van der Waals surface area contributed by atoms with Crippen LogP contribution in [-0.4, -0.2) is 17.8 Å². The zero-order valence-corrected chi connectivity index (χ0v) is 7.40. The largest absolute Gasteiger partial charge is 0.488 e. The topological polar surface area (TPSA) is 53.2 Å². The molecule has 1 N–H and O–H groups in total. The minimum atomic E-state index is -0.242. The predicted octanol–water partition coefficient (Wildman–Crippen LogP) is 1.32. The summed E-state index contributed by atoms with van der Waals surface area (Å²) in [6.07, 6.45) is -0.242. The van der Waals surface area contributed by atoms with Crippen LogP contribution in [0, 0.1) is 11.3 Å². The summed E-state index contributed by atoms with van der Waals surface area (Å²) in [5.41, 5.74) is 0.558. The lowest BCUT2D eigenvalue weighted by Crippen LogP contribution is -2.16. The monoisotopic (exact) mass is 177 g/mol. The summed E-state index contributed by atoms with van der Waals surface area (Å²) in [5, 5.41) is 17.3. The van der Waals surface area contributed by atoms with Crippen LogP contribution in [0.5, 0.6) is 5.75 Å². The molecule has 13 heavy (non-hydrogen) atoms. The molecule has 0 heterocycles. The van der Waals surface area contributed by atoms with Gasteiger partial charge in [-0.05, 0) is 25.1 Å². The van der Waals surface area contributed by atoms with Crippen LogP contribution in [0.4, 0.5) is 0 Å². The Kier molecular flexibility index (Phi) is 3.30. The Morgan fingerprint density at radius 1 is 1.62 bits per heavy atom. The van der Waals surface area contributed by atoms with Crippen molar-refractivity contribution in [1.82, 2.24) is 0 Å². The highest BCUT2D eigenvalue weighted by Gasteiger charge is 2.01. The van der Waals surface area contributed by atoms with Crippen LogP contribution in [0.25, 0.3) is 0 Å². The number of benzene rings is 1. The number of ether oxygens (including phenoxy) is 1. The molecular formula is C10H11NO2. The molecule has 1 rings (SSSR count). The first-order valence-corrected chi connectivity index (χ1v) is 4.04. The molecule has 0 fully saturated rings. The lowest BCUT2D eigenvalue weighted by atomic mass is 10.2. The highest BCUT2D eigenvalue weighted by molar-refractivity contribution is 5.36. The van der Waals surface area contributed by atoms with E-state index >= 15 is 0 Å². The average molecular weight is 177 g/mol. The quantitative estimate of drug-likeness (QED) is 0.757. The molecule has 3 heteroatoms. The third-order valence-corrected chi connectivity index (χ3v) is 1.56. The Morgan fingerprint density at radius 2 is 2.38 bits per heavy atom. The Labute approximate surface area is 77.2 Å². The second-order valence-corrected chi connectivity index (χ2v) is 2.75. The highest BCUT2D eigenvalue weighted by Crippen LogP contribution is 2.13. The van der Waals surface area contributed by atoms with Crippen LogP contribution >= 0.6 is 0 Å². The fourth-order valence-corrected chi connectivity index (χ4v) is 0.909. The number of aliphatic hydroxyl groups is 1. The molecular weight excluding hydrogens is 166 g/mol. The maximum Gasteiger partial charge on any atom is 0.121 e. The molecule has 0 saturated carbocycles. The molecule has 1 aromatic carbocycles. The maximum absolute atomic E-state index is 8.73. The molecule has 1 aromatic rings. The van der Waals surface area contributed by atoms with E-state index in [0.717, 1.165) is 0 Å². The van der Waals surface area contributed by atoms with Crippen molar-refractivity contribution >= 4 is 0 Å². The summed E-state index contributed by atoms with van der Waals surface area (Å²) in [7, 11) is 0. The number of aliphatic hydroxyl groups excluding tert-OH is 1. The van der Waals surface area contributed by atoms with E-state index in [4.69, 9.17) is 15.1 Å². The molecule has 0 aliphatic rings. The first kappa shape index (κ1) is 9.56. The number of hydrogen-bond acceptors (Lipinski definition) is 3. The van der Waals surface area contributed by atoms with Gasteiger partial charge in [0, 0.05) is 0 Å². The highest BCUT2D eigenvalue weighted by atomic mass is 16.5. The summed E-state index contributed by atoms with van der Waals surface area (Å²) >= 11 is 0. The van der Waals surface area contributed by atoms with Gasteiger partial charge in [0.1, 0.15) is 11.9 Å². The first-order chi connectivity index (χ1) is 6.26. The fourth-order valence-electron chi connectivity index (χ4n) is 0.909. The number of hydrogen-bond donors (Lipinski definition) is 1. The van der Waals surface area contributed by atoms with Gasteiger partial charge in [-0.25, -0.2) is 0 Å². The predicted molar refractivity (Wildman–Crippen MR) is 48.3 cm³/mol. The van der Waals surface area contributed by atoms with E-state index in [2.05, 4.69) is 0 Å². The van der Waals surface area contributed by atoms with Crippen molar-refractivity contribution in [2.24, 2.45) is 0 Å². The van der Waals surface area contributed by atoms with Gasteiger partial charge in [-0.3, -0.25) is 0 Å². The molecule has 68 valence electrons. The summed E-state index contributed by atoms with van der Waals surface area (Å²) in [6, 6.07) is 8.87. The van der Waals surface area contributed by atoms with Gasteiger partial charge < -0.3 is 9.84 Å². The molecule has 0 aliphatic carbocycles. The van der Waals surface area contributed by atoms with Crippen molar-refractivity contribution < 1.29 is 9.84 Å². The van der Waals surface area contributed by atoms with Gasteiger partial charge in [0.05, 0.1) is 18.2 Å². The molecule has 1 unspecified atom stereocenters. The lowest BCUT2D eigenvalue weighted by Gasteiger charge is -2.11. The van der Waals surface area contributed by atoms with Crippen LogP contribution in [0.3, 0.4) is 0 Å². The Hall–Kier alpha value is -1.53. The van der Waals surface area contributed by atoms with Crippen molar-refractivity contribution in [3.8, 4) is 11.8 Å². The molecule has 0 saturated heterocycles. The Morgan fingerprint density at radius 3 is 3.00 bits per heavy atom.